The Kier molecular flexibility index (Phi) is 3.95. The molecule has 0 spiro atoms. The summed E-state index contributed by atoms with van der Waals surface area (Å²) in [7, 11) is 0. The van der Waals surface area contributed by atoms with Crippen LogP contribution in [0.25, 0.3) is 0 Å². The van der Waals surface area contributed by atoms with E-state index in [1.165, 1.54) is 6.07 Å². The van der Waals surface area contributed by atoms with E-state index in [9.17, 15) is 8.78 Å². The molecule has 0 saturated carbocycles. The van der Waals surface area contributed by atoms with Crippen LogP contribution >= 0.6 is 11.6 Å². The van der Waals surface area contributed by atoms with Crippen molar-refractivity contribution in [2.75, 3.05) is 0 Å². The average Bonchev–Trinajstić information content (AvgIpc) is 2.26. The lowest BCUT2D eigenvalue weighted by molar-refractivity contribution is 0.144. The minimum absolute atomic E-state index is 0.0540. The van der Waals surface area contributed by atoms with Crippen LogP contribution in [-0.4, -0.2) is 10.1 Å². The van der Waals surface area contributed by atoms with Crippen molar-refractivity contribution in [1.82, 2.24) is 4.98 Å². The van der Waals surface area contributed by atoms with Gasteiger partial charge in [-0.3, -0.25) is 0 Å². The number of aliphatic hydroxyl groups excluding tert-OH is 1. The van der Waals surface area contributed by atoms with Crippen molar-refractivity contribution in [3.63, 3.8) is 0 Å². The SMILES string of the molecule is N#Cc1cc(CCl)c(C(F)F)nc1CO. The average molecular weight is 233 g/mol. The first kappa shape index (κ1) is 11.8. The van der Waals surface area contributed by atoms with Gasteiger partial charge in [0.1, 0.15) is 11.8 Å². The van der Waals surface area contributed by atoms with Crippen LogP contribution in [0.1, 0.15) is 28.9 Å². The number of alkyl halides is 3. The molecule has 0 aromatic carbocycles. The smallest absolute Gasteiger partial charge is 0.280 e. The Morgan fingerprint density at radius 2 is 2.27 bits per heavy atom. The van der Waals surface area contributed by atoms with E-state index in [1.54, 1.807) is 6.07 Å². The Hall–Kier alpha value is -1.25. The lowest BCUT2D eigenvalue weighted by atomic mass is 10.1. The second-order valence-electron chi connectivity index (χ2n) is 2.73. The minimum atomic E-state index is -2.77. The van der Waals surface area contributed by atoms with Crippen molar-refractivity contribution < 1.29 is 13.9 Å². The molecule has 1 aromatic rings. The standard InChI is InChI=1S/C9H7ClF2N2O/c10-2-5-1-6(3-13)7(4-15)14-8(5)9(11)12/h1,9,15H,2,4H2. The van der Waals surface area contributed by atoms with Crippen LogP contribution in [0.4, 0.5) is 8.78 Å². The Labute approximate surface area is 89.9 Å². The first-order valence-corrected chi connectivity index (χ1v) is 4.55. The highest BCUT2D eigenvalue weighted by Crippen LogP contribution is 2.24. The molecule has 3 nitrogen and oxygen atoms in total. The molecule has 0 radical (unpaired) electrons. The highest BCUT2D eigenvalue weighted by molar-refractivity contribution is 6.17. The summed E-state index contributed by atoms with van der Waals surface area (Å²) in [4.78, 5) is 3.53. The van der Waals surface area contributed by atoms with Crippen molar-refractivity contribution in [2.24, 2.45) is 0 Å². The fourth-order valence-electron chi connectivity index (χ4n) is 1.12. The van der Waals surface area contributed by atoms with E-state index >= 15 is 0 Å². The molecule has 0 fully saturated rings. The highest BCUT2D eigenvalue weighted by atomic mass is 35.5. The van der Waals surface area contributed by atoms with Gasteiger partial charge in [-0.2, -0.15) is 5.26 Å². The zero-order valence-electron chi connectivity index (χ0n) is 7.54. The molecule has 0 amide bonds. The van der Waals surface area contributed by atoms with Gasteiger partial charge in [0.15, 0.2) is 0 Å². The zero-order chi connectivity index (χ0) is 11.4. The fraction of sp³-hybridized carbons (Fsp3) is 0.333. The molecular weight excluding hydrogens is 226 g/mol. The third-order valence-corrected chi connectivity index (χ3v) is 2.12. The van der Waals surface area contributed by atoms with Gasteiger partial charge in [0.2, 0.25) is 0 Å². The molecule has 1 N–H and O–H groups in total. The molecule has 0 bridgehead atoms. The Balaban J connectivity index is 3.36. The summed E-state index contributed by atoms with van der Waals surface area (Å²) in [5.41, 5.74) is -0.354. The third kappa shape index (κ3) is 2.41. The van der Waals surface area contributed by atoms with E-state index in [4.69, 9.17) is 22.0 Å². The minimum Gasteiger partial charge on any atom is -0.390 e. The molecular formula is C9H7ClF2N2O. The van der Waals surface area contributed by atoms with Crippen molar-refractivity contribution in [3.8, 4) is 6.07 Å². The van der Waals surface area contributed by atoms with Gasteiger partial charge in [0, 0.05) is 5.88 Å². The second kappa shape index (κ2) is 5.01. The molecule has 0 atom stereocenters. The van der Waals surface area contributed by atoms with Gasteiger partial charge in [-0.15, -0.1) is 11.6 Å². The number of nitrogens with zero attached hydrogens (tertiary/aromatic N) is 2. The lowest BCUT2D eigenvalue weighted by Gasteiger charge is -2.08. The van der Waals surface area contributed by atoms with Crippen LogP contribution in [0, 0.1) is 11.3 Å². The number of rotatable bonds is 3. The van der Waals surface area contributed by atoms with Gasteiger partial charge >= 0.3 is 0 Å². The van der Waals surface area contributed by atoms with E-state index in [2.05, 4.69) is 4.98 Å². The number of hydrogen-bond acceptors (Lipinski definition) is 3. The molecule has 0 saturated heterocycles. The Bertz CT molecular complexity index is 404. The maximum atomic E-state index is 12.5. The molecule has 80 valence electrons. The number of aliphatic hydroxyl groups is 1. The van der Waals surface area contributed by atoms with E-state index in [0.717, 1.165) is 0 Å². The van der Waals surface area contributed by atoms with Crippen LogP contribution in [-0.2, 0) is 12.5 Å². The molecule has 6 heteroatoms. The van der Waals surface area contributed by atoms with Crippen molar-refractivity contribution in [2.45, 2.75) is 18.9 Å². The number of halogens is 3. The zero-order valence-corrected chi connectivity index (χ0v) is 8.30. The second-order valence-corrected chi connectivity index (χ2v) is 3.00. The van der Waals surface area contributed by atoms with Gasteiger partial charge in [0.25, 0.3) is 6.43 Å². The maximum absolute atomic E-state index is 12.5. The molecule has 1 heterocycles. The maximum Gasteiger partial charge on any atom is 0.280 e. The van der Waals surface area contributed by atoms with Gasteiger partial charge < -0.3 is 5.11 Å². The van der Waals surface area contributed by atoms with Crippen LogP contribution in [0.15, 0.2) is 6.07 Å². The molecule has 1 aromatic heterocycles. The molecule has 1 rings (SSSR count). The Morgan fingerprint density at radius 3 is 2.67 bits per heavy atom. The van der Waals surface area contributed by atoms with Gasteiger partial charge in [-0.1, -0.05) is 0 Å². The van der Waals surface area contributed by atoms with Gasteiger partial charge in [-0.05, 0) is 11.6 Å². The number of nitriles is 1. The first-order chi connectivity index (χ1) is 7.13. The predicted octanol–water partition coefficient (Wildman–Crippen LogP) is 2.12. The molecule has 0 unspecified atom stereocenters. The van der Waals surface area contributed by atoms with Gasteiger partial charge in [0.05, 0.1) is 17.9 Å². The summed E-state index contributed by atoms with van der Waals surface area (Å²) in [5, 5.41) is 17.5. The van der Waals surface area contributed by atoms with E-state index in [-0.39, 0.29) is 22.7 Å². The number of pyridine rings is 1. The van der Waals surface area contributed by atoms with Crippen molar-refractivity contribution in [3.05, 3.63) is 28.6 Å². The molecule has 0 aliphatic rings. The summed E-state index contributed by atoms with van der Waals surface area (Å²) < 4.78 is 25.0. The van der Waals surface area contributed by atoms with E-state index in [1.807, 2.05) is 0 Å². The summed E-state index contributed by atoms with van der Waals surface area (Å²) in [6, 6.07) is 2.99. The van der Waals surface area contributed by atoms with E-state index in [0.29, 0.717) is 0 Å². The van der Waals surface area contributed by atoms with Gasteiger partial charge in [-0.25, -0.2) is 13.8 Å². The number of aromatic nitrogens is 1. The highest BCUT2D eigenvalue weighted by Gasteiger charge is 2.17. The summed E-state index contributed by atoms with van der Waals surface area (Å²) in [6.45, 7) is -0.550. The van der Waals surface area contributed by atoms with Crippen LogP contribution in [0.3, 0.4) is 0 Å². The molecule has 15 heavy (non-hydrogen) atoms. The van der Waals surface area contributed by atoms with Crippen molar-refractivity contribution in [1.29, 1.82) is 5.26 Å². The van der Waals surface area contributed by atoms with Crippen molar-refractivity contribution >= 4 is 11.6 Å². The van der Waals surface area contributed by atoms with Crippen LogP contribution < -0.4 is 0 Å². The topological polar surface area (TPSA) is 56.9 Å². The predicted molar refractivity (Wildman–Crippen MR) is 49.4 cm³/mol. The van der Waals surface area contributed by atoms with Crippen LogP contribution in [0.2, 0.25) is 0 Å². The quantitative estimate of drug-likeness (QED) is 0.812. The molecule has 0 aliphatic carbocycles. The number of hydrogen-bond donors (Lipinski definition) is 1. The normalized spacial score (nSPS) is 10.4. The molecule has 0 aliphatic heterocycles. The van der Waals surface area contributed by atoms with E-state index < -0.39 is 18.7 Å². The first-order valence-electron chi connectivity index (χ1n) is 4.01. The summed E-state index contributed by atoms with van der Waals surface area (Å²) in [5.74, 6) is -0.146. The largest absolute Gasteiger partial charge is 0.390 e. The lowest BCUT2D eigenvalue weighted by Crippen LogP contribution is -2.04. The van der Waals surface area contributed by atoms with Crippen LogP contribution in [0.5, 0.6) is 0 Å². The summed E-state index contributed by atoms with van der Waals surface area (Å²) in [6.07, 6.45) is -2.77. The monoisotopic (exact) mass is 232 g/mol. The Morgan fingerprint density at radius 1 is 1.60 bits per heavy atom. The third-order valence-electron chi connectivity index (χ3n) is 1.83. The fourth-order valence-corrected chi connectivity index (χ4v) is 1.34. The summed E-state index contributed by atoms with van der Waals surface area (Å²) >= 11 is 5.46.